The molecule has 2 aromatic carbocycles. The van der Waals surface area contributed by atoms with E-state index in [-0.39, 0.29) is 37.6 Å². The van der Waals surface area contributed by atoms with Crippen molar-refractivity contribution in [3.05, 3.63) is 59.1 Å². The molecule has 0 aromatic heterocycles. The van der Waals surface area contributed by atoms with Gasteiger partial charge in [0.1, 0.15) is 6.54 Å². The average molecular weight is 444 g/mol. The van der Waals surface area contributed by atoms with Gasteiger partial charge in [-0.15, -0.1) is 0 Å². The maximum absolute atomic E-state index is 12.7. The van der Waals surface area contributed by atoms with E-state index in [4.69, 9.17) is 16.3 Å². The Bertz CT molecular complexity index is 1010. The predicted octanol–water partition coefficient (Wildman–Crippen LogP) is 2.83. The molecule has 1 heterocycles. The largest absolute Gasteiger partial charge is 0.469 e. The zero-order chi connectivity index (χ0) is 22.4. The van der Waals surface area contributed by atoms with Gasteiger partial charge in [-0.3, -0.25) is 19.2 Å². The third-order valence-electron chi connectivity index (χ3n) is 4.85. The molecule has 8 nitrogen and oxygen atoms in total. The fraction of sp³-hybridized carbons (Fsp3) is 0.273. The zero-order valence-electron chi connectivity index (χ0n) is 16.9. The van der Waals surface area contributed by atoms with Crippen LogP contribution < -0.4 is 15.5 Å². The number of amides is 3. The number of rotatable bonds is 7. The molecule has 0 saturated carbocycles. The lowest BCUT2D eigenvalue weighted by Crippen LogP contribution is -2.42. The lowest BCUT2D eigenvalue weighted by Gasteiger charge is -2.29. The third-order valence-corrected chi connectivity index (χ3v) is 5.20. The molecule has 0 radical (unpaired) electrons. The van der Waals surface area contributed by atoms with Crippen LogP contribution in [0, 0.1) is 0 Å². The average Bonchev–Trinajstić information content (AvgIpc) is 2.76. The van der Waals surface area contributed by atoms with Crippen molar-refractivity contribution >= 4 is 46.7 Å². The normalized spacial score (nSPS) is 13.6. The Labute approximate surface area is 184 Å². The number of carbonyl (C=O) groups is 4. The first-order chi connectivity index (χ1) is 14.9. The number of halogens is 1. The first-order valence-corrected chi connectivity index (χ1v) is 10.1. The SMILES string of the molecule is COC(=O)CC(NC(=O)CCC(=O)N1CC(=O)Nc2ccccc21)c1ccccc1Cl. The number of para-hydroxylation sites is 2. The van der Waals surface area contributed by atoms with Crippen LogP contribution in [-0.2, 0) is 23.9 Å². The molecule has 2 aromatic rings. The number of nitrogens with zero attached hydrogens (tertiary/aromatic N) is 1. The summed E-state index contributed by atoms with van der Waals surface area (Å²) in [7, 11) is 1.26. The molecule has 9 heteroatoms. The standard InChI is InChI=1S/C22H22ClN3O5/c1-31-22(30)12-17(14-6-2-3-7-15(14)23)25-19(27)10-11-21(29)26-13-20(28)24-16-8-4-5-9-18(16)26/h2-9,17H,10-13H2,1H3,(H,24,28)(H,25,27). The van der Waals surface area contributed by atoms with Gasteiger partial charge in [0.15, 0.2) is 0 Å². The number of hydrogen-bond donors (Lipinski definition) is 2. The van der Waals surface area contributed by atoms with Gasteiger partial charge in [0.25, 0.3) is 0 Å². The highest BCUT2D eigenvalue weighted by Gasteiger charge is 2.27. The summed E-state index contributed by atoms with van der Waals surface area (Å²) in [5.74, 6) is -1.57. The summed E-state index contributed by atoms with van der Waals surface area (Å²) in [5.41, 5.74) is 1.72. The molecule has 1 atom stereocenters. The molecule has 0 aliphatic carbocycles. The predicted molar refractivity (Wildman–Crippen MR) is 116 cm³/mol. The van der Waals surface area contributed by atoms with Crippen LogP contribution in [0.4, 0.5) is 11.4 Å². The summed E-state index contributed by atoms with van der Waals surface area (Å²) in [6.45, 7) is -0.109. The minimum absolute atomic E-state index is 0.0963. The molecule has 0 spiro atoms. The van der Waals surface area contributed by atoms with Gasteiger partial charge in [-0.1, -0.05) is 41.9 Å². The molecule has 3 amide bonds. The van der Waals surface area contributed by atoms with Crippen LogP contribution in [0.1, 0.15) is 30.9 Å². The molecule has 0 saturated heterocycles. The van der Waals surface area contributed by atoms with E-state index in [1.165, 1.54) is 12.0 Å². The highest BCUT2D eigenvalue weighted by Crippen LogP contribution is 2.29. The molecule has 2 N–H and O–H groups in total. The summed E-state index contributed by atoms with van der Waals surface area (Å²) >= 11 is 6.22. The molecule has 0 bridgehead atoms. The molecular weight excluding hydrogens is 422 g/mol. The van der Waals surface area contributed by atoms with Crippen molar-refractivity contribution in [2.24, 2.45) is 0 Å². The first-order valence-electron chi connectivity index (χ1n) is 9.69. The second-order valence-electron chi connectivity index (χ2n) is 6.97. The van der Waals surface area contributed by atoms with Crippen LogP contribution >= 0.6 is 11.6 Å². The Kier molecular flexibility index (Phi) is 7.25. The molecule has 31 heavy (non-hydrogen) atoms. The molecular formula is C22H22ClN3O5. The fourth-order valence-electron chi connectivity index (χ4n) is 3.32. The number of esters is 1. The maximum atomic E-state index is 12.7. The number of benzene rings is 2. The van der Waals surface area contributed by atoms with E-state index >= 15 is 0 Å². The van der Waals surface area contributed by atoms with Crippen molar-refractivity contribution in [3.63, 3.8) is 0 Å². The molecule has 1 aliphatic rings. The van der Waals surface area contributed by atoms with Crippen LogP contribution in [0.25, 0.3) is 0 Å². The first kappa shape index (κ1) is 22.3. The number of hydrogen-bond acceptors (Lipinski definition) is 5. The summed E-state index contributed by atoms with van der Waals surface area (Å²) in [5, 5.41) is 5.87. The van der Waals surface area contributed by atoms with Crippen LogP contribution in [-0.4, -0.2) is 37.3 Å². The van der Waals surface area contributed by atoms with Gasteiger partial charge in [0, 0.05) is 17.9 Å². The van der Waals surface area contributed by atoms with Crippen molar-refractivity contribution in [2.75, 3.05) is 23.9 Å². The molecule has 1 aliphatic heterocycles. The van der Waals surface area contributed by atoms with Crippen LogP contribution in [0.3, 0.4) is 0 Å². The van der Waals surface area contributed by atoms with Crippen molar-refractivity contribution in [1.82, 2.24) is 5.32 Å². The van der Waals surface area contributed by atoms with E-state index in [9.17, 15) is 19.2 Å². The number of methoxy groups -OCH3 is 1. The lowest BCUT2D eigenvalue weighted by atomic mass is 10.0. The van der Waals surface area contributed by atoms with Gasteiger partial charge in [-0.2, -0.15) is 0 Å². The van der Waals surface area contributed by atoms with E-state index in [0.717, 1.165) is 0 Å². The Morgan fingerprint density at radius 2 is 1.84 bits per heavy atom. The number of fused-ring (bicyclic) bond motifs is 1. The number of ether oxygens (including phenoxy) is 1. The highest BCUT2D eigenvalue weighted by atomic mass is 35.5. The Balaban J connectivity index is 1.65. The monoisotopic (exact) mass is 443 g/mol. The summed E-state index contributed by atoms with van der Waals surface area (Å²) in [4.78, 5) is 50.3. The van der Waals surface area contributed by atoms with Crippen LogP contribution in [0.2, 0.25) is 5.02 Å². The molecule has 1 unspecified atom stereocenters. The summed E-state index contributed by atoms with van der Waals surface area (Å²) in [6.07, 6.45) is -0.304. The van der Waals surface area contributed by atoms with Crippen molar-refractivity contribution < 1.29 is 23.9 Å². The van der Waals surface area contributed by atoms with E-state index in [0.29, 0.717) is 22.0 Å². The molecule has 3 rings (SSSR count). The van der Waals surface area contributed by atoms with Crippen molar-refractivity contribution in [1.29, 1.82) is 0 Å². The van der Waals surface area contributed by atoms with Gasteiger partial charge < -0.3 is 20.3 Å². The summed E-state index contributed by atoms with van der Waals surface area (Å²) in [6, 6.07) is 13.2. The fourth-order valence-corrected chi connectivity index (χ4v) is 3.59. The van der Waals surface area contributed by atoms with Crippen molar-refractivity contribution in [2.45, 2.75) is 25.3 Å². The Morgan fingerprint density at radius 3 is 2.58 bits per heavy atom. The van der Waals surface area contributed by atoms with Gasteiger partial charge in [-0.05, 0) is 23.8 Å². The van der Waals surface area contributed by atoms with Crippen molar-refractivity contribution in [3.8, 4) is 0 Å². The highest BCUT2D eigenvalue weighted by molar-refractivity contribution is 6.31. The minimum atomic E-state index is -0.690. The van der Waals surface area contributed by atoms with Crippen LogP contribution in [0.5, 0.6) is 0 Å². The minimum Gasteiger partial charge on any atom is -0.469 e. The topological polar surface area (TPSA) is 105 Å². The number of nitrogens with one attached hydrogen (secondary N) is 2. The van der Waals surface area contributed by atoms with Gasteiger partial charge in [0.2, 0.25) is 17.7 Å². The Hall–Kier alpha value is -3.39. The smallest absolute Gasteiger partial charge is 0.307 e. The molecule has 0 fully saturated rings. The Morgan fingerprint density at radius 1 is 1.13 bits per heavy atom. The van der Waals surface area contributed by atoms with Gasteiger partial charge in [0.05, 0.1) is 30.9 Å². The zero-order valence-corrected chi connectivity index (χ0v) is 17.6. The van der Waals surface area contributed by atoms with E-state index < -0.39 is 17.9 Å². The van der Waals surface area contributed by atoms with E-state index in [1.807, 2.05) is 0 Å². The van der Waals surface area contributed by atoms with E-state index in [2.05, 4.69) is 10.6 Å². The quantitative estimate of drug-likeness (QED) is 0.640. The lowest BCUT2D eigenvalue weighted by molar-refractivity contribution is -0.141. The molecule has 162 valence electrons. The van der Waals surface area contributed by atoms with Gasteiger partial charge in [-0.25, -0.2) is 0 Å². The summed E-state index contributed by atoms with van der Waals surface area (Å²) < 4.78 is 4.71. The van der Waals surface area contributed by atoms with Crippen LogP contribution in [0.15, 0.2) is 48.5 Å². The second-order valence-corrected chi connectivity index (χ2v) is 7.37. The van der Waals surface area contributed by atoms with E-state index in [1.54, 1.807) is 48.5 Å². The maximum Gasteiger partial charge on any atom is 0.307 e. The second kappa shape index (κ2) is 10.1. The third kappa shape index (κ3) is 5.61. The number of anilines is 2. The number of carbonyl (C=O) groups excluding carboxylic acids is 4. The van der Waals surface area contributed by atoms with Gasteiger partial charge >= 0.3 is 5.97 Å².